The van der Waals surface area contributed by atoms with Gasteiger partial charge in [-0.15, -0.1) is 11.3 Å². The molecule has 1 saturated carbocycles. The van der Waals surface area contributed by atoms with Gasteiger partial charge in [0.1, 0.15) is 0 Å². The predicted molar refractivity (Wildman–Crippen MR) is 58.5 cm³/mol. The van der Waals surface area contributed by atoms with E-state index in [0.717, 1.165) is 6.54 Å². The number of thiophene rings is 1. The largest absolute Gasteiger partial charge is 0.364 e. The van der Waals surface area contributed by atoms with Crippen LogP contribution in [-0.2, 0) is 0 Å². The maximum Gasteiger partial charge on any atom is 0.0936 e. The molecule has 1 aliphatic rings. The van der Waals surface area contributed by atoms with Crippen LogP contribution in [0.25, 0.3) is 0 Å². The van der Waals surface area contributed by atoms with Gasteiger partial charge in [0, 0.05) is 19.1 Å². The summed E-state index contributed by atoms with van der Waals surface area (Å²) in [6.45, 7) is 3.15. The van der Waals surface area contributed by atoms with Crippen molar-refractivity contribution in [3.05, 3.63) is 17.0 Å². The predicted octanol–water partition coefficient (Wildman–Crippen LogP) is 1.98. The molecule has 1 fully saturated rings. The van der Waals surface area contributed by atoms with E-state index in [1.807, 2.05) is 0 Å². The fourth-order valence-electron chi connectivity index (χ4n) is 1.62. The van der Waals surface area contributed by atoms with Crippen LogP contribution in [0, 0.1) is 6.92 Å². The average molecular weight is 196 g/mol. The molecule has 1 aromatic rings. The molecule has 1 aromatic heterocycles. The van der Waals surface area contributed by atoms with Crippen molar-refractivity contribution >= 4 is 16.3 Å². The molecule has 1 aliphatic carbocycles. The molecule has 0 saturated heterocycles. The molecule has 3 heteroatoms. The van der Waals surface area contributed by atoms with E-state index in [-0.39, 0.29) is 5.54 Å². The van der Waals surface area contributed by atoms with Crippen molar-refractivity contribution in [2.75, 3.05) is 18.5 Å². The highest BCUT2D eigenvalue weighted by Gasteiger charge is 2.39. The molecule has 2 N–H and O–H groups in total. The SMILES string of the molecule is Cc1ccsc1N(C)CC1(N)CC1. The number of rotatable bonds is 3. The number of hydrogen-bond donors (Lipinski definition) is 1. The summed E-state index contributed by atoms with van der Waals surface area (Å²) in [7, 11) is 2.13. The lowest BCUT2D eigenvalue weighted by molar-refractivity contribution is 0.662. The van der Waals surface area contributed by atoms with Crippen molar-refractivity contribution in [3.8, 4) is 0 Å². The van der Waals surface area contributed by atoms with Gasteiger partial charge in [-0.1, -0.05) is 0 Å². The topological polar surface area (TPSA) is 29.3 Å². The molecule has 0 spiro atoms. The van der Waals surface area contributed by atoms with E-state index >= 15 is 0 Å². The van der Waals surface area contributed by atoms with Crippen LogP contribution < -0.4 is 10.6 Å². The van der Waals surface area contributed by atoms with Crippen LogP contribution in [0.2, 0.25) is 0 Å². The molecule has 0 amide bonds. The number of likely N-dealkylation sites (N-methyl/N-ethyl adjacent to an activating group) is 1. The highest BCUT2D eigenvalue weighted by molar-refractivity contribution is 7.14. The minimum atomic E-state index is 0.116. The first kappa shape index (κ1) is 9.03. The minimum absolute atomic E-state index is 0.116. The molecule has 0 bridgehead atoms. The Kier molecular flexibility index (Phi) is 2.08. The van der Waals surface area contributed by atoms with Crippen LogP contribution in [0.3, 0.4) is 0 Å². The van der Waals surface area contributed by atoms with Gasteiger partial charge in [-0.3, -0.25) is 0 Å². The Bertz CT molecular complexity index is 302. The van der Waals surface area contributed by atoms with E-state index in [9.17, 15) is 0 Å². The first-order valence-corrected chi connectivity index (χ1v) is 5.53. The highest BCUT2D eigenvalue weighted by atomic mass is 32.1. The van der Waals surface area contributed by atoms with Crippen molar-refractivity contribution < 1.29 is 0 Å². The van der Waals surface area contributed by atoms with Gasteiger partial charge in [-0.2, -0.15) is 0 Å². The number of aryl methyl sites for hydroxylation is 1. The Morgan fingerprint density at radius 1 is 1.62 bits per heavy atom. The summed E-state index contributed by atoms with van der Waals surface area (Å²) in [4.78, 5) is 2.28. The number of nitrogens with two attached hydrogens (primary N) is 1. The van der Waals surface area contributed by atoms with Gasteiger partial charge < -0.3 is 10.6 Å². The maximum absolute atomic E-state index is 6.07. The molecule has 0 atom stereocenters. The smallest absolute Gasteiger partial charge is 0.0936 e. The molecule has 1 heterocycles. The van der Waals surface area contributed by atoms with E-state index in [2.05, 4.69) is 30.3 Å². The molecular formula is C10H16N2S. The highest BCUT2D eigenvalue weighted by Crippen LogP contribution is 2.35. The van der Waals surface area contributed by atoms with Gasteiger partial charge in [-0.25, -0.2) is 0 Å². The maximum atomic E-state index is 6.07. The van der Waals surface area contributed by atoms with Gasteiger partial charge >= 0.3 is 0 Å². The molecule has 0 aromatic carbocycles. The molecule has 0 radical (unpaired) electrons. The van der Waals surface area contributed by atoms with Gasteiger partial charge in [0.15, 0.2) is 0 Å². The van der Waals surface area contributed by atoms with E-state index in [1.165, 1.54) is 23.4 Å². The van der Waals surface area contributed by atoms with Crippen molar-refractivity contribution in [3.63, 3.8) is 0 Å². The summed E-state index contributed by atoms with van der Waals surface area (Å²) in [6, 6.07) is 2.16. The van der Waals surface area contributed by atoms with Crippen LogP contribution >= 0.6 is 11.3 Å². The third kappa shape index (κ3) is 1.86. The van der Waals surface area contributed by atoms with Crippen molar-refractivity contribution in [2.24, 2.45) is 5.73 Å². The number of anilines is 1. The summed E-state index contributed by atoms with van der Waals surface area (Å²) in [6.07, 6.45) is 2.36. The first-order valence-electron chi connectivity index (χ1n) is 4.65. The average Bonchev–Trinajstić information content (AvgIpc) is 2.63. The van der Waals surface area contributed by atoms with Gasteiger partial charge in [0.05, 0.1) is 5.00 Å². The van der Waals surface area contributed by atoms with Crippen LogP contribution in [0.5, 0.6) is 0 Å². The zero-order valence-corrected chi connectivity index (χ0v) is 9.03. The van der Waals surface area contributed by atoms with Gasteiger partial charge in [0.2, 0.25) is 0 Å². The van der Waals surface area contributed by atoms with Crippen LogP contribution in [-0.4, -0.2) is 19.1 Å². The Morgan fingerprint density at radius 2 is 2.31 bits per heavy atom. The third-order valence-electron chi connectivity index (χ3n) is 2.63. The monoisotopic (exact) mass is 196 g/mol. The molecule has 0 aliphatic heterocycles. The quantitative estimate of drug-likeness (QED) is 0.801. The lowest BCUT2D eigenvalue weighted by Crippen LogP contribution is -2.37. The second kappa shape index (κ2) is 3.00. The fraction of sp³-hybridized carbons (Fsp3) is 0.600. The lowest BCUT2D eigenvalue weighted by Gasteiger charge is -2.22. The van der Waals surface area contributed by atoms with Crippen molar-refractivity contribution in [1.82, 2.24) is 0 Å². The van der Waals surface area contributed by atoms with E-state index in [4.69, 9.17) is 5.73 Å². The Hall–Kier alpha value is -0.540. The van der Waals surface area contributed by atoms with Gasteiger partial charge in [-0.05, 0) is 36.8 Å². The van der Waals surface area contributed by atoms with Crippen LogP contribution in [0.4, 0.5) is 5.00 Å². The van der Waals surface area contributed by atoms with Crippen molar-refractivity contribution in [2.45, 2.75) is 25.3 Å². The molecule has 13 heavy (non-hydrogen) atoms. The minimum Gasteiger partial charge on any atom is -0.364 e. The van der Waals surface area contributed by atoms with Crippen LogP contribution in [0.15, 0.2) is 11.4 Å². The Labute approximate surface area is 83.4 Å². The second-order valence-corrected chi connectivity index (χ2v) is 5.02. The van der Waals surface area contributed by atoms with E-state index < -0.39 is 0 Å². The first-order chi connectivity index (χ1) is 6.11. The summed E-state index contributed by atoms with van der Waals surface area (Å²) >= 11 is 1.80. The zero-order valence-electron chi connectivity index (χ0n) is 8.21. The third-order valence-corrected chi connectivity index (χ3v) is 3.76. The second-order valence-electron chi connectivity index (χ2n) is 4.13. The molecule has 2 rings (SSSR count). The van der Waals surface area contributed by atoms with Crippen LogP contribution in [0.1, 0.15) is 18.4 Å². The number of nitrogens with zero attached hydrogens (tertiary/aromatic N) is 1. The van der Waals surface area contributed by atoms with Gasteiger partial charge in [0.25, 0.3) is 0 Å². The summed E-state index contributed by atoms with van der Waals surface area (Å²) < 4.78 is 0. The zero-order chi connectivity index (χ0) is 9.47. The lowest BCUT2D eigenvalue weighted by atomic mass is 10.2. The van der Waals surface area contributed by atoms with Crippen molar-refractivity contribution in [1.29, 1.82) is 0 Å². The number of hydrogen-bond acceptors (Lipinski definition) is 3. The van der Waals surface area contributed by atoms with E-state index in [0.29, 0.717) is 0 Å². The fourth-order valence-corrected chi connectivity index (χ4v) is 2.52. The molecule has 2 nitrogen and oxygen atoms in total. The molecular weight excluding hydrogens is 180 g/mol. The Balaban J connectivity index is 2.05. The summed E-state index contributed by atoms with van der Waals surface area (Å²) in [5.41, 5.74) is 7.54. The normalized spacial score (nSPS) is 18.7. The standard InChI is InChI=1S/C10H16N2S/c1-8-3-6-13-9(8)12(2)7-10(11)4-5-10/h3,6H,4-5,7,11H2,1-2H3. The Morgan fingerprint density at radius 3 is 2.77 bits per heavy atom. The summed E-state index contributed by atoms with van der Waals surface area (Å²) in [5, 5.41) is 3.49. The molecule has 0 unspecified atom stereocenters. The van der Waals surface area contributed by atoms with E-state index in [1.54, 1.807) is 11.3 Å². The molecule has 72 valence electrons. The summed E-state index contributed by atoms with van der Waals surface area (Å²) in [5.74, 6) is 0.